The Morgan fingerprint density at radius 1 is 1.16 bits per heavy atom. The Kier molecular flexibility index (Phi) is 3.33. The van der Waals surface area contributed by atoms with Crippen LogP contribution in [0.5, 0.6) is 0 Å². The van der Waals surface area contributed by atoms with Gasteiger partial charge >= 0.3 is 0 Å². The van der Waals surface area contributed by atoms with Crippen molar-refractivity contribution in [3.63, 3.8) is 0 Å². The van der Waals surface area contributed by atoms with Crippen molar-refractivity contribution in [2.24, 2.45) is 0 Å². The van der Waals surface area contributed by atoms with E-state index >= 15 is 0 Å². The molecule has 1 unspecified atom stereocenters. The first kappa shape index (κ1) is 12.0. The number of thiophene rings is 1. The van der Waals surface area contributed by atoms with E-state index in [1.165, 1.54) is 4.88 Å². The van der Waals surface area contributed by atoms with Gasteiger partial charge in [0, 0.05) is 16.8 Å². The minimum Gasteiger partial charge on any atom is -0.378 e. The van der Waals surface area contributed by atoms with E-state index in [1.54, 1.807) is 17.5 Å². The second-order valence-corrected chi connectivity index (χ2v) is 5.41. The minimum absolute atomic E-state index is 0.331. The average Bonchev–Trinajstić information content (AvgIpc) is 3.13. The molecule has 3 rings (SSSR count). The number of aromatic nitrogens is 2. The second kappa shape index (κ2) is 5.28. The summed E-state index contributed by atoms with van der Waals surface area (Å²) in [5, 5.41) is 12.5. The number of hydrogen-bond donors (Lipinski definition) is 2. The Morgan fingerprint density at radius 2 is 2.00 bits per heavy atom. The fraction of sp³-hybridized carbons (Fsp3) is 0.133. The van der Waals surface area contributed by atoms with Gasteiger partial charge in [-0.2, -0.15) is 5.10 Å². The maximum absolute atomic E-state index is 3.96. The van der Waals surface area contributed by atoms with Crippen LogP contribution < -0.4 is 5.32 Å². The summed E-state index contributed by atoms with van der Waals surface area (Å²) < 4.78 is 0. The van der Waals surface area contributed by atoms with Crippen molar-refractivity contribution >= 4 is 17.0 Å². The highest BCUT2D eigenvalue weighted by Gasteiger charge is 2.06. The lowest BCUT2D eigenvalue weighted by Gasteiger charge is -2.13. The van der Waals surface area contributed by atoms with Gasteiger partial charge in [0.05, 0.1) is 11.7 Å². The van der Waals surface area contributed by atoms with Gasteiger partial charge in [0.15, 0.2) is 0 Å². The maximum atomic E-state index is 3.96. The quantitative estimate of drug-likeness (QED) is 0.741. The number of nitrogens with zero attached hydrogens (tertiary/aromatic N) is 1. The molecule has 96 valence electrons. The Morgan fingerprint density at radius 3 is 2.63 bits per heavy atom. The predicted molar refractivity (Wildman–Crippen MR) is 80.4 cm³/mol. The van der Waals surface area contributed by atoms with Gasteiger partial charge in [-0.1, -0.05) is 18.2 Å². The van der Waals surface area contributed by atoms with Crippen molar-refractivity contribution < 1.29 is 0 Å². The molecule has 0 aliphatic carbocycles. The molecule has 2 N–H and O–H groups in total. The largest absolute Gasteiger partial charge is 0.378 e. The zero-order chi connectivity index (χ0) is 13.1. The maximum Gasteiger partial charge on any atom is 0.0650 e. The lowest BCUT2D eigenvalue weighted by Crippen LogP contribution is -2.04. The molecule has 0 saturated carbocycles. The third-order valence-electron chi connectivity index (χ3n) is 3.05. The van der Waals surface area contributed by atoms with Crippen LogP contribution in [-0.2, 0) is 0 Å². The Hall–Kier alpha value is -2.07. The van der Waals surface area contributed by atoms with Crippen molar-refractivity contribution in [1.82, 2.24) is 10.2 Å². The number of rotatable bonds is 4. The Balaban J connectivity index is 1.73. The molecule has 0 radical (unpaired) electrons. The molecule has 3 aromatic rings. The molecule has 0 bridgehead atoms. The van der Waals surface area contributed by atoms with Crippen LogP contribution in [0.15, 0.2) is 54.0 Å². The molecule has 2 aromatic heterocycles. The summed E-state index contributed by atoms with van der Waals surface area (Å²) in [5.74, 6) is 0. The number of nitrogens with one attached hydrogen (secondary N) is 2. The molecule has 19 heavy (non-hydrogen) atoms. The van der Waals surface area contributed by atoms with Crippen LogP contribution in [0, 0.1) is 0 Å². The number of anilines is 1. The molecule has 1 atom stereocenters. The van der Waals surface area contributed by atoms with Gasteiger partial charge in [-0.25, -0.2) is 0 Å². The van der Waals surface area contributed by atoms with Gasteiger partial charge in [0.25, 0.3) is 0 Å². The fourth-order valence-corrected chi connectivity index (χ4v) is 2.76. The summed E-state index contributed by atoms with van der Waals surface area (Å²) in [5.41, 5.74) is 3.31. The molecule has 0 aliphatic heterocycles. The smallest absolute Gasteiger partial charge is 0.0650 e. The topological polar surface area (TPSA) is 40.7 Å². The number of aromatic amines is 1. The van der Waals surface area contributed by atoms with E-state index in [-0.39, 0.29) is 0 Å². The van der Waals surface area contributed by atoms with Gasteiger partial charge in [0.1, 0.15) is 0 Å². The van der Waals surface area contributed by atoms with E-state index in [9.17, 15) is 0 Å². The SMILES string of the molecule is CC(Nc1ccc(-c2ccn[nH]2)cc1)c1cccs1. The van der Waals surface area contributed by atoms with Crippen molar-refractivity contribution in [3.8, 4) is 11.3 Å². The zero-order valence-corrected chi connectivity index (χ0v) is 11.4. The van der Waals surface area contributed by atoms with E-state index in [0.717, 1.165) is 16.9 Å². The Bertz CT molecular complexity index is 612. The first-order chi connectivity index (χ1) is 9.33. The number of benzene rings is 1. The molecule has 0 aliphatic rings. The summed E-state index contributed by atoms with van der Waals surface area (Å²) in [6.07, 6.45) is 1.76. The normalized spacial score (nSPS) is 12.3. The van der Waals surface area contributed by atoms with Crippen LogP contribution in [0.3, 0.4) is 0 Å². The van der Waals surface area contributed by atoms with Crippen LogP contribution in [-0.4, -0.2) is 10.2 Å². The molecule has 0 spiro atoms. The van der Waals surface area contributed by atoms with Crippen LogP contribution in [0.1, 0.15) is 17.8 Å². The highest BCUT2D eigenvalue weighted by molar-refractivity contribution is 7.10. The molecular weight excluding hydrogens is 254 g/mol. The van der Waals surface area contributed by atoms with E-state index in [0.29, 0.717) is 6.04 Å². The molecule has 2 heterocycles. The summed E-state index contributed by atoms with van der Waals surface area (Å²) in [4.78, 5) is 1.35. The van der Waals surface area contributed by atoms with E-state index in [1.807, 2.05) is 6.07 Å². The van der Waals surface area contributed by atoms with Gasteiger partial charge < -0.3 is 5.32 Å². The van der Waals surface area contributed by atoms with E-state index in [2.05, 4.69) is 64.2 Å². The van der Waals surface area contributed by atoms with Gasteiger partial charge in [0.2, 0.25) is 0 Å². The molecule has 0 amide bonds. The average molecular weight is 269 g/mol. The summed E-state index contributed by atoms with van der Waals surface area (Å²) in [6.45, 7) is 2.18. The number of H-pyrrole nitrogens is 1. The lowest BCUT2D eigenvalue weighted by molar-refractivity contribution is 0.908. The zero-order valence-electron chi connectivity index (χ0n) is 10.6. The fourth-order valence-electron chi connectivity index (χ4n) is 2.02. The van der Waals surface area contributed by atoms with Crippen LogP contribution in [0.4, 0.5) is 5.69 Å². The van der Waals surface area contributed by atoms with Crippen LogP contribution >= 0.6 is 11.3 Å². The number of hydrogen-bond acceptors (Lipinski definition) is 3. The van der Waals surface area contributed by atoms with E-state index in [4.69, 9.17) is 0 Å². The molecule has 0 saturated heterocycles. The van der Waals surface area contributed by atoms with Gasteiger partial charge in [-0.15, -0.1) is 11.3 Å². The monoisotopic (exact) mass is 269 g/mol. The van der Waals surface area contributed by atoms with Crippen molar-refractivity contribution in [1.29, 1.82) is 0 Å². The highest BCUT2D eigenvalue weighted by Crippen LogP contribution is 2.24. The van der Waals surface area contributed by atoms with Crippen LogP contribution in [0.2, 0.25) is 0 Å². The summed E-state index contributed by atoms with van der Waals surface area (Å²) in [6, 6.07) is 14.9. The van der Waals surface area contributed by atoms with Gasteiger partial charge in [-0.05, 0) is 42.1 Å². The standard InChI is InChI=1S/C15H15N3S/c1-11(15-3-2-10-19-15)17-13-6-4-12(5-7-13)14-8-9-16-18-14/h2-11,17H,1H3,(H,16,18). The third-order valence-corrected chi connectivity index (χ3v) is 4.10. The van der Waals surface area contributed by atoms with Gasteiger partial charge in [-0.3, -0.25) is 5.10 Å². The lowest BCUT2D eigenvalue weighted by atomic mass is 10.1. The summed E-state index contributed by atoms with van der Waals surface area (Å²) in [7, 11) is 0. The molecule has 4 heteroatoms. The van der Waals surface area contributed by atoms with Crippen LogP contribution in [0.25, 0.3) is 11.3 Å². The first-order valence-corrected chi connectivity index (χ1v) is 7.10. The highest BCUT2D eigenvalue weighted by atomic mass is 32.1. The van der Waals surface area contributed by atoms with Crippen molar-refractivity contribution in [2.45, 2.75) is 13.0 Å². The molecule has 1 aromatic carbocycles. The van der Waals surface area contributed by atoms with E-state index < -0.39 is 0 Å². The van der Waals surface area contributed by atoms with Crippen molar-refractivity contribution in [2.75, 3.05) is 5.32 Å². The molecular formula is C15H15N3S. The summed E-state index contributed by atoms with van der Waals surface area (Å²) >= 11 is 1.78. The first-order valence-electron chi connectivity index (χ1n) is 6.23. The molecule has 0 fully saturated rings. The van der Waals surface area contributed by atoms with Crippen molar-refractivity contribution in [3.05, 3.63) is 58.9 Å². The minimum atomic E-state index is 0.331. The molecule has 3 nitrogen and oxygen atoms in total. The predicted octanol–water partition coefficient (Wildman–Crippen LogP) is 4.31. The third kappa shape index (κ3) is 2.69. The Labute approximate surface area is 116 Å². The second-order valence-electron chi connectivity index (χ2n) is 4.43.